The highest BCUT2D eigenvalue weighted by Crippen LogP contribution is 2.27. The summed E-state index contributed by atoms with van der Waals surface area (Å²) in [5, 5.41) is 13.7. The molecule has 0 atom stereocenters. The molecule has 134 valence electrons. The maximum Gasteiger partial charge on any atom is 0.269 e. The van der Waals surface area contributed by atoms with Crippen molar-refractivity contribution >= 4 is 18.1 Å². The molecule has 2 heterocycles. The van der Waals surface area contributed by atoms with E-state index in [2.05, 4.69) is 20.7 Å². The molecule has 1 aromatic carbocycles. The number of nitrogens with zero attached hydrogens (tertiary/aromatic N) is 2. The molecular formula is C19H19FN4O2. The van der Waals surface area contributed by atoms with Gasteiger partial charge < -0.3 is 9.84 Å². The van der Waals surface area contributed by atoms with Gasteiger partial charge in [-0.1, -0.05) is 12.1 Å². The van der Waals surface area contributed by atoms with Crippen molar-refractivity contribution in [1.82, 2.24) is 20.7 Å². The Morgan fingerprint density at radius 1 is 1.31 bits per heavy atom. The van der Waals surface area contributed by atoms with Crippen molar-refractivity contribution in [1.29, 1.82) is 0 Å². The zero-order valence-corrected chi connectivity index (χ0v) is 14.5. The van der Waals surface area contributed by atoms with Crippen molar-refractivity contribution in [2.45, 2.75) is 20.3 Å². The minimum absolute atomic E-state index is 0.188. The molecule has 0 aliphatic rings. The first-order chi connectivity index (χ1) is 12.6. The summed E-state index contributed by atoms with van der Waals surface area (Å²) in [6.07, 6.45) is 4.44. The van der Waals surface area contributed by atoms with Crippen LogP contribution < -0.4 is 5.32 Å². The van der Waals surface area contributed by atoms with E-state index in [1.165, 1.54) is 12.1 Å². The van der Waals surface area contributed by atoms with Crippen LogP contribution in [0.3, 0.4) is 0 Å². The van der Waals surface area contributed by atoms with E-state index in [9.17, 15) is 9.18 Å². The fraction of sp³-hybridized carbons (Fsp3) is 0.211. The van der Waals surface area contributed by atoms with E-state index in [0.29, 0.717) is 29.4 Å². The van der Waals surface area contributed by atoms with Crippen LogP contribution in [0, 0.1) is 12.7 Å². The predicted molar refractivity (Wildman–Crippen MR) is 96.8 cm³/mol. The molecule has 0 unspecified atom stereocenters. The van der Waals surface area contributed by atoms with E-state index >= 15 is 0 Å². The number of amides is 1. The van der Waals surface area contributed by atoms with Crippen LogP contribution in [0.15, 0.2) is 34.9 Å². The standard InChI is InChI=1S/C19H19FN4O2/c1-3-10-21-19(25)17-11-15(22-23-17)8-9-16-12(2)26-24-18(16)13-4-6-14(20)7-5-13/h4-9,11H,3,10H2,1-2H3,(H,21,25)(H,22,23). The number of H-pyrrole nitrogens is 1. The molecule has 2 N–H and O–H groups in total. The van der Waals surface area contributed by atoms with Crippen LogP contribution >= 0.6 is 0 Å². The largest absolute Gasteiger partial charge is 0.360 e. The van der Waals surface area contributed by atoms with Gasteiger partial charge in [0.05, 0.1) is 5.69 Å². The molecule has 3 aromatic rings. The Balaban J connectivity index is 1.81. The van der Waals surface area contributed by atoms with Crippen LogP contribution in [0.25, 0.3) is 23.4 Å². The maximum absolute atomic E-state index is 13.1. The molecular weight excluding hydrogens is 335 g/mol. The lowest BCUT2D eigenvalue weighted by atomic mass is 10.1. The Kier molecular flexibility index (Phi) is 5.26. The summed E-state index contributed by atoms with van der Waals surface area (Å²) in [5.74, 6) is 0.139. The van der Waals surface area contributed by atoms with E-state index in [-0.39, 0.29) is 11.7 Å². The van der Waals surface area contributed by atoms with Crippen LogP contribution in [-0.2, 0) is 0 Å². The van der Waals surface area contributed by atoms with E-state index in [1.54, 1.807) is 31.2 Å². The van der Waals surface area contributed by atoms with Gasteiger partial charge in [-0.15, -0.1) is 0 Å². The number of hydrogen-bond acceptors (Lipinski definition) is 4. The molecule has 26 heavy (non-hydrogen) atoms. The summed E-state index contributed by atoms with van der Waals surface area (Å²) < 4.78 is 18.4. The number of nitrogens with one attached hydrogen (secondary N) is 2. The van der Waals surface area contributed by atoms with Crippen molar-refractivity contribution in [3.8, 4) is 11.3 Å². The fourth-order valence-electron chi connectivity index (χ4n) is 2.43. The van der Waals surface area contributed by atoms with Crippen LogP contribution in [0.2, 0.25) is 0 Å². The number of halogens is 1. The quantitative estimate of drug-likeness (QED) is 0.705. The van der Waals surface area contributed by atoms with Gasteiger partial charge in [-0.3, -0.25) is 9.89 Å². The smallest absolute Gasteiger partial charge is 0.269 e. The Morgan fingerprint density at radius 3 is 2.81 bits per heavy atom. The Hall–Kier alpha value is -3.22. The molecule has 0 saturated carbocycles. The Bertz CT molecular complexity index is 925. The van der Waals surface area contributed by atoms with Crippen molar-refractivity contribution in [3.63, 3.8) is 0 Å². The summed E-state index contributed by atoms with van der Waals surface area (Å²) in [5.41, 5.74) is 3.16. The first-order valence-electron chi connectivity index (χ1n) is 8.32. The van der Waals surface area contributed by atoms with Crippen molar-refractivity contribution < 1.29 is 13.7 Å². The highest BCUT2D eigenvalue weighted by molar-refractivity contribution is 5.93. The number of rotatable bonds is 6. The van der Waals surface area contributed by atoms with Gasteiger partial charge in [-0.05, 0) is 55.8 Å². The first kappa shape index (κ1) is 17.6. The zero-order valence-electron chi connectivity index (χ0n) is 14.5. The molecule has 7 heteroatoms. The third kappa shape index (κ3) is 3.88. The fourth-order valence-corrected chi connectivity index (χ4v) is 2.43. The molecule has 6 nitrogen and oxygen atoms in total. The number of aromatic amines is 1. The van der Waals surface area contributed by atoms with Gasteiger partial charge in [0.15, 0.2) is 0 Å². The SMILES string of the molecule is CCCNC(=O)c1cc(C=Cc2c(-c3ccc(F)cc3)noc2C)n[nH]1. The monoisotopic (exact) mass is 354 g/mol. The minimum atomic E-state index is -0.309. The van der Waals surface area contributed by atoms with Gasteiger partial charge in [0, 0.05) is 17.7 Å². The molecule has 0 bridgehead atoms. The zero-order chi connectivity index (χ0) is 18.5. The molecule has 0 saturated heterocycles. The van der Waals surface area contributed by atoms with Crippen LogP contribution in [0.5, 0.6) is 0 Å². The first-order valence-corrected chi connectivity index (χ1v) is 8.32. The molecule has 0 aliphatic heterocycles. The maximum atomic E-state index is 13.1. The van der Waals surface area contributed by atoms with Crippen molar-refractivity contribution in [2.75, 3.05) is 6.54 Å². The average molecular weight is 354 g/mol. The second kappa shape index (κ2) is 7.77. The third-order valence-corrected chi connectivity index (χ3v) is 3.82. The number of carbonyl (C=O) groups is 1. The topological polar surface area (TPSA) is 83.8 Å². The van der Waals surface area contributed by atoms with E-state index in [4.69, 9.17) is 4.52 Å². The second-order valence-electron chi connectivity index (χ2n) is 5.80. The average Bonchev–Trinajstić information content (AvgIpc) is 3.25. The third-order valence-electron chi connectivity index (χ3n) is 3.82. The van der Waals surface area contributed by atoms with Crippen molar-refractivity contribution in [3.05, 3.63) is 58.9 Å². The highest BCUT2D eigenvalue weighted by Gasteiger charge is 2.13. The Morgan fingerprint density at radius 2 is 2.08 bits per heavy atom. The van der Waals surface area contributed by atoms with Crippen molar-refractivity contribution in [2.24, 2.45) is 0 Å². The van der Waals surface area contributed by atoms with Crippen LogP contribution in [-0.4, -0.2) is 27.8 Å². The molecule has 2 aromatic heterocycles. The van der Waals surface area contributed by atoms with Crippen LogP contribution in [0.1, 0.15) is 40.9 Å². The molecule has 1 amide bonds. The normalized spacial score (nSPS) is 11.2. The predicted octanol–water partition coefficient (Wildman–Crippen LogP) is 3.82. The molecule has 0 radical (unpaired) electrons. The lowest BCUT2D eigenvalue weighted by Gasteiger charge is -1.98. The summed E-state index contributed by atoms with van der Waals surface area (Å²) >= 11 is 0. The van der Waals surface area contributed by atoms with Gasteiger partial charge >= 0.3 is 0 Å². The number of benzene rings is 1. The lowest BCUT2D eigenvalue weighted by Crippen LogP contribution is -2.24. The highest BCUT2D eigenvalue weighted by atomic mass is 19.1. The second-order valence-corrected chi connectivity index (χ2v) is 5.80. The summed E-state index contributed by atoms with van der Waals surface area (Å²) in [7, 11) is 0. The number of aryl methyl sites for hydroxylation is 1. The summed E-state index contributed by atoms with van der Waals surface area (Å²) in [6.45, 7) is 4.40. The Labute approximate surface area is 150 Å². The lowest BCUT2D eigenvalue weighted by molar-refractivity contribution is 0.0948. The minimum Gasteiger partial charge on any atom is -0.360 e. The molecule has 3 rings (SSSR count). The van der Waals surface area contributed by atoms with Crippen LogP contribution in [0.4, 0.5) is 4.39 Å². The van der Waals surface area contributed by atoms with Gasteiger partial charge in [-0.25, -0.2) is 4.39 Å². The number of hydrogen-bond donors (Lipinski definition) is 2. The van der Waals surface area contributed by atoms with E-state index in [1.807, 2.05) is 13.0 Å². The summed E-state index contributed by atoms with van der Waals surface area (Å²) in [6, 6.07) is 7.72. The van der Waals surface area contributed by atoms with Gasteiger partial charge in [0.2, 0.25) is 0 Å². The van der Waals surface area contributed by atoms with Gasteiger partial charge in [-0.2, -0.15) is 5.10 Å². The van der Waals surface area contributed by atoms with Gasteiger partial charge in [0.1, 0.15) is 23.0 Å². The molecule has 0 fully saturated rings. The van der Waals surface area contributed by atoms with Gasteiger partial charge in [0.25, 0.3) is 5.91 Å². The van der Waals surface area contributed by atoms with E-state index in [0.717, 1.165) is 17.5 Å². The molecule has 0 spiro atoms. The summed E-state index contributed by atoms with van der Waals surface area (Å²) in [4.78, 5) is 11.9. The van der Waals surface area contributed by atoms with E-state index < -0.39 is 0 Å². The molecule has 0 aliphatic carbocycles. The number of aromatic nitrogens is 3. The number of carbonyl (C=O) groups excluding carboxylic acids is 1.